The molecule has 0 aliphatic rings. The van der Waals surface area contributed by atoms with Crippen LogP contribution in [0.5, 0.6) is 0 Å². The Balaban J connectivity index is 1.61. The first-order chi connectivity index (χ1) is 9.38. The smallest absolute Gasteiger partial charge is 0.245 e. The lowest BCUT2D eigenvalue weighted by molar-refractivity contribution is -0.732. The van der Waals surface area contributed by atoms with E-state index in [9.17, 15) is 0 Å². The second kappa shape index (κ2) is 7.74. The molecular formula is C16H23N2O+. The summed E-state index contributed by atoms with van der Waals surface area (Å²) in [6.45, 7) is 4.71. The van der Waals surface area contributed by atoms with Crippen LogP contribution >= 0.6 is 0 Å². The van der Waals surface area contributed by atoms with Crippen molar-refractivity contribution in [1.82, 2.24) is 4.57 Å². The third-order valence-electron chi connectivity index (χ3n) is 3.07. The Morgan fingerprint density at radius 3 is 2.84 bits per heavy atom. The van der Waals surface area contributed by atoms with Crippen LogP contribution in [0.15, 0.2) is 49.1 Å². The van der Waals surface area contributed by atoms with Crippen molar-refractivity contribution >= 4 is 0 Å². The standard InChI is InChI=1S/C16H23N2O/c1-2-10-17-11-12-18(14-17)15-19-13-6-9-16-7-4-3-5-8-16/h3-5,7-8,11-12,14H,2,6,9-10,13,15H2,1H3/q+1. The molecule has 0 spiro atoms. The second-order valence-corrected chi connectivity index (χ2v) is 4.79. The van der Waals surface area contributed by atoms with E-state index in [-0.39, 0.29) is 0 Å². The summed E-state index contributed by atoms with van der Waals surface area (Å²) in [4.78, 5) is 0. The Bertz CT molecular complexity index is 465. The van der Waals surface area contributed by atoms with Gasteiger partial charge < -0.3 is 4.74 Å². The monoisotopic (exact) mass is 259 g/mol. The van der Waals surface area contributed by atoms with E-state index < -0.39 is 0 Å². The molecule has 1 aromatic heterocycles. The number of aromatic nitrogens is 2. The van der Waals surface area contributed by atoms with Crippen LogP contribution in [0.2, 0.25) is 0 Å². The molecule has 0 N–H and O–H groups in total. The maximum absolute atomic E-state index is 5.68. The van der Waals surface area contributed by atoms with Crippen LogP contribution in [0.25, 0.3) is 0 Å². The fourth-order valence-electron chi connectivity index (χ4n) is 2.10. The van der Waals surface area contributed by atoms with Gasteiger partial charge in [0.1, 0.15) is 12.4 Å². The van der Waals surface area contributed by atoms with E-state index in [0.717, 1.165) is 32.4 Å². The van der Waals surface area contributed by atoms with Gasteiger partial charge in [0.05, 0.1) is 13.2 Å². The average molecular weight is 259 g/mol. The SMILES string of the molecule is CCCn1cc[n+](COCCCc2ccccc2)c1. The number of rotatable bonds is 8. The Hall–Kier alpha value is -1.61. The van der Waals surface area contributed by atoms with Crippen molar-refractivity contribution in [3.63, 3.8) is 0 Å². The minimum atomic E-state index is 0.644. The number of hydrogen-bond acceptors (Lipinski definition) is 1. The quantitative estimate of drug-likeness (QED) is 0.526. The molecule has 0 atom stereocenters. The molecule has 0 fully saturated rings. The molecule has 3 nitrogen and oxygen atoms in total. The predicted molar refractivity (Wildman–Crippen MR) is 75.6 cm³/mol. The zero-order chi connectivity index (χ0) is 13.3. The van der Waals surface area contributed by atoms with Crippen molar-refractivity contribution in [2.24, 2.45) is 0 Å². The Morgan fingerprint density at radius 2 is 2.05 bits per heavy atom. The van der Waals surface area contributed by atoms with Gasteiger partial charge in [0, 0.05) is 0 Å². The lowest BCUT2D eigenvalue weighted by atomic mass is 10.1. The van der Waals surface area contributed by atoms with Gasteiger partial charge in [-0.25, -0.2) is 9.13 Å². The number of benzene rings is 1. The topological polar surface area (TPSA) is 18.0 Å². The molecule has 1 aromatic carbocycles. The largest absolute Gasteiger partial charge is 0.342 e. The van der Waals surface area contributed by atoms with Crippen LogP contribution in [0, 0.1) is 0 Å². The van der Waals surface area contributed by atoms with E-state index in [2.05, 4.69) is 65.1 Å². The summed E-state index contributed by atoms with van der Waals surface area (Å²) in [6, 6.07) is 10.6. The van der Waals surface area contributed by atoms with Crippen molar-refractivity contribution < 1.29 is 9.30 Å². The van der Waals surface area contributed by atoms with Gasteiger partial charge in [-0.3, -0.25) is 0 Å². The summed E-state index contributed by atoms with van der Waals surface area (Å²) in [5, 5.41) is 0. The van der Waals surface area contributed by atoms with Crippen LogP contribution in [-0.2, 0) is 24.4 Å². The zero-order valence-corrected chi connectivity index (χ0v) is 11.7. The Labute approximate surface area is 115 Å². The number of aryl methyl sites for hydroxylation is 2. The molecule has 0 saturated heterocycles. The lowest BCUT2D eigenvalue weighted by Gasteiger charge is -2.02. The summed E-state index contributed by atoms with van der Waals surface area (Å²) in [6.07, 6.45) is 9.57. The molecule has 102 valence electrons. The van der Waals surface area contributed by atoms with Crippen molar-refractivity contribution in [2.75, 3.05) is 6.61 Å². The molecule has 3 heteroatoms. The molecule has 0 aliphatic heterocycles. The van der Waals surface area contributed by atoms with Crippen LogP contribution in [0.3, 0.4) is 0 Å². The van der Waals surface area contributed by atoms with E-state index in [4.69, 9.17) is 4.74 Å². The first kappa shape index (κ1) is 13.8. The van der Waals surface area contributed by atoms with Gasteiger partial charge >= 0.3 is 0 Å². The Morgan fingerprint density at radius 1 is 1.21 bits per heavy atom. The predicted octanol–water partition coefficient (Wildman–Crippen LogP) is 2.79. The molecular weight excluding hydrogens is 236 g/mol. The third-order valence-corrected chi connectivity index (χ3v) is 3.07. The number of imidazole rings is 1. The molecule has 0 aliphatic carbocycles. The highest BCUT2D eigenvalue weighted by Crippen LogP contribution is 2.02. The van der Waals surface area contributed by atoms with Crippen LogP contribution in [-0.4, -0.2) is 11.2 Å². The summed E-state index contributed by atoms with van der Waals surface area (Å²) >= 11 is 0. The molecule has 0 bridgehead atoms. The molecule has 0 radical (unpaired) electrons. The van der Waals surface area contributed by atoms with Crippen LogP contribution < -0.4 is 4.57 Å². The molecule has 0 saturated carbocycles. The van der Waals surface area contributed by atoms with Crippen molar-refractivity contribution in [3.05, 3.63) is 54.6 Å². The van der Waals surface area contributed by atoms with Crippen molar-refractivity contribution in [1.29, 1.82) is 0 Å². The number of ether oxygens (including phenoxy) is 1. The highest BCUT2D eigenvalue weighted by atomic mass is 16.5. The minimum absolute atomic E-state index is 0.644. The highest BCUT2D eigenvalue weighted by molar-refractivity contribution is 5.14. The summed E-state index contributed by atoms with van der Waals surface area (Å²) in [5.41, 5.74) is 1.38. The molecule has 0 amide bonds. The summed E-state index contributed by atoms with van der Waals surface area (Å²) < 4.78 is 9.95. The van der Waals surface area contributed by atoms with E-state index >= 15 is 0 Å². The third kappa shape index (κ3) is 4.87. The van der Waals surface area contributed by atoms with E-state index in [1.54, 1.807) is 0 Å². The maximum Gasteiger partial charge on any atom is 0.245 e. The summed E-state index contributed by atoms with van der Waals surface area (Å²) in [7, 11) is 0. The highest BCUT2D eigenvalue weighted by Gasteiger charge is 2.02. The fourth-order valence-corrected chi connectivity index (χ4v) is 2.10. The van der Waals surface area contributed by atoms with Crippen LogP contribution in [0.1, 0.15) is 25.3 Å². The van der Waals surface area contributed by atoms with Gasteiger partial charge in [0.25, 0.3) is 0 Å². The van der Waals surface area contributed by atoms with E-state index in [1.807, 2.05) is 0 Å². The molecule has 2 aromatic rings. The van der Waals surface area contributed by atoms with E-state index in [0.29, 0.717) is 6.73 Å². The molecule has 1 heterocycles. The fraction of sp³-hybridized carbons (Fsp3) is 0.438. The van der Waals surface area contributed by atoms with Crippen molar-refractivity contribution in [3.8, 4) is 0 Å². The van der Waals surface area contributed by atoms with Crippen molar-refractivity contribution in [2.45, 2.75) is 39.5 Å². The number of nitrogens with zero attached hydrogens (tertiary/aromatic N) is 2. The van der Waals surface area contributed by atoms with Gasteiger partial charge in [0.2, 0.25) is 6.33 Å². The lowest BCUT2D eigenvalue weighted by Crippen LogP contribution is -2.32. The molecule has 19 heavy (non-hydrogen) atoms. The van der Waals surface area contributed by atoms with Crippen LogP contribution in [0.4, 0.5) is 0 Å². The number of hydrogen-bond donors (Lipinski definition) is 0. The zero-order valence-electron chi connectivity index (χ0n) is 11.7. The first-order valence-corrected chi connectivity index (χ1v) is 7.05. The molecule has 0 unspecified atom stereocenters. The minimum Gasteiger partial charge on any atom is -0.342 e. The van der Waals surface area contributed by atoms with E-state index in [1.165, 1.54) is 5.56 Å². The Kier molecular flexibility index (Phi) is 5.63. The van der Waals surface area contributed by atoms with Gasteiger partial charge in [-0.15, -0.1) is 0 Å². The maximum atomic E-state index is 5.68. The summed E-state index contributed by atoms with van der Waals surface area (Å²) in [5.74, 6) is 0. The first-order valence-electron chi connectivity index (χ1n) is 7.05. The second-order valence-electron chi connectivity index (χ2n) is 4.79. The van der Waals surface area contributed by atoms with Gasteiger partial charge in [-0.1, -0.05) is 37.3 Å². The van der Waals surface area contributed by atoms with Gasteiger partial charge in [0.15, 0.2) is 6.73 Å². The average Bonchev–Trinajstić information content (AvgIpc) is 2.88. The normalized spacial score (nSPS) is 10.8. The van der Waals surface area contributed by atoms with Gasteiger partial charge in [-0.05, 0) is 24.8 Å². The van der Waals surface area contributed by atoms with Gasteiger partial charge in [-0.2, -0.15) is 0 Å². The molecule has 2 rings (SSSR count).